The lowest BCUT2D eigenvalue weighted by molar-refractivity contribution is 0.0948. The first-order valence-corrected chi connectivity index (χ1v) is 8.24. The van der Waals surface area contributed by atoms with Crippen LogP contribution in [0.4, 0.5) is 5.69 Å². The van der Waals surface area contributed by atoms with Crippen molar-refractivity contribution in [1.82, 2.24) is 5.32 Å². The molecular formula is C15H22N2OS. The Morgan fingerprint density at radius 1 is 1.53 bits per heavy atom. The van der Waals surface area contributed by atoms with Crippen LogP contribution >= 0.6 is 11.8 Å². The highest BCUT2D eigenvalue weighted by Crippen LogP contribution is 2.25. The predicted molar refractivity (Wildman–Crippen MR) is 83.1 cm³/mol. The number of carbonyl (C=O) groups is 1. The number of hydrogen-bond donors (Lipinski definition) is 2. The molecule has 1 unspecified atom stereocenters. The van der Waals surface area contributed by atoms with Crippen molar-refractivity contribution in [1.29, 1.82) is 0 Å². The maximum absolute atomic E-state index is 12.3. The Balaban J connectivity index is 2.03. The average Bonchev–Trinajstić information content (AvgIpc) is 2.44. The summed E-state index contributed by atoms with van der Waals surface area (Å²) in [6.45, 7) is 3.92. The molecule has 0 aromatic heterocycles. The maximum Gasteiger partial charge on any atom is 0.251 e. The molecule has 1 aromatic carbocycles. The van der Waals surface area contributed by atoms with Crippen LogP contribution in [0.5, 0.6) is 0 Å². The summed E-state index contributed by atoms with van der Waals surface area (Å²) in [5.74, 6) is 1.65. The highest BCUT2D eigenvalue weighted by atomic mass is 32.2. The van der Waals surface area contributed by atoms with Crippen LogP contribution in [0.25, 0.3) is 0 Å². The molecule has 2 N–H and O–H groups in total. The van der Waals surface area contributed by atoms with E-state index in [1.165, 1.54) is 5.56 Å². The number of thioether (sulfide) groups is 1. The number of hydrogen-bond acceptors (Lipinski definition) is 3. The minimum absolute atomic E-state index is 0.0634. The largest absolute Gasteiger partial charge is 0.385 e. The highest BCUT2D eigenvalue weighted by molar-refractivity contribution is 7.98. The zero-order valence-corrected chi connectivity index (χ0v) is 12.5. The molecule has 0 spiro atoms. The maximum atomic E-state index is 12.3. The summed E-state index contributed by atoms with van der Waals surface area (Å²) in [5.41, 5.74) is 3.13. The molecule has 0 bridgehead atoms. The van der Waals surface area contributed by atoms with Crippen molar-refractivity contribution in [2.24, 2.45) is 5.92 Å². The van der Waals surface area contributed by atoms with E-state index in [0.29, 0.717) is 5.92 Å². The van der Waals surface area contributed by atoms with Gasteiger partial charge in [-0.05, 0) is 48.5 Å². The standard InChI is InChI=1S/C15H22N2OS/c1-11(10-19-2)9-17-15(18)13-5-3-7-14-12(13)6-4-8-16-14/h3,5,7,11,16H,4,6,8-10H2,1-2H3,(H,17,18). The molecule has 2 rings (SSSR count). The third kappa shape index (κ3) is 3.66. The molecule has 0 aliphatic carbocycles. The van der Waals surface area contributed by atoms with E-state index in [4.69, 9.17) is 0 Å². The lowest BCUT2D eigenvalue weighted by Crippen LogP contribution is -2.30. The van der Waals surface area contributed by atoms with Crippen LogP contribution in [0.3, 0.4) is 0 Å². The third-order valence-corrected chi connectivity index (χ3v) is 4.30. The van der Waals surface area contributed by atoms with E-state index >= 15 is 0 Å². The molecule has 19 heavy (non-hydrogen) atoms. The van der Waals surface area contributed by atoms with Gasteiger partial charge in [0.15, 0.2) is 0 Å². The van der Waals surface area contributed by atoms with E-state index in [0.717, 1.165) is 42.9 Å². The van der Waals surface area contributed by atoms with Crippen LogP contribution in [0, 0.1) is 5.92 Å². The SMILES string of the molecule is CSCC(C)CNC(=O)c1cccc2c1CCCN2. The fourth-order valence-corrected chi connectivity index (χ4v) is 3.12. The summed E-state index contributed by atoms with van der Waals surface area (Å²) in [6, 6.07) is 5.94. The van der Waals surface area contributed by atoms with Crippen LogP contribution in [0.15, 0.2) is 18.2 Å². The van der Waals surface area contributed by atoms with E-state index < -0.39 is 0 Å². The van der Waals surface area contributed by atoms with Crippen LogP contribution in [0.1, 0.15) is 29.3 Å². The Morgan fingerprint density at radius 2 is 2.37 bits per heavy atom. The zero-order chi connectivity index (χ0) is 13.7. The highest BCUT2D eigenvalue weighted by Gasteiger charge is 2.17. The molecule has 1 atom stereocenters. The summed E-state index contributed by atoms with van der Waals surface area (Å²) in [5, 5.41) is 6.41. The number of benzene rings is 1. The predicted octanol–water partition coefficient (Wildman–Crippen LogP) is 2.77. The van der Waals surface area contributed by atoms with Crippen LogP contribution in [-0.2, 0) is 6.42 Å². The summed E-state index contributed by atoms with van der Waals surface area (Å²) in [7, 11) is 0. The number of carbonyl (C=O) groups excluding carboxylic acids is 1. The summed E-state index contributed by atoms with van der Waals surface area (Å²) in [4.78, 5) is 12.3. The molecule has 0 fully saturated rings. The molecule has 0 radical (unpaired) electrons. The monoisotopic (exact) mass is 278 g/mol. The first-order valence-electron chi connectivity index (χ1n) is 6.85. The topological polar surface area (TPSA) is 41.1 Å². The van der Waals surface area contributed by atoms with Crippen LogP contribution in [-0.4, -0.2) is 31.0 Å². The summed E-state index contributed by atoms with van der Waals surface area (Å²) in [6.07, 6.45) is 4.18. The van der Waals surface area contributed by atoms with E-state index in [-0.39, 0.29) is 5.91 Å². The smallest absolute Gasteiger partial charge is 0.251 e. The van der Waals surface area contributed by atoms with Gasteiger partial charge in [-0.2, -0.15) is 11.8 Å². The van der Waals surface area contributed by atoms with Gasteiger partial charge in [-0.1, -0.05) is 13.0 Å². The van der Waals surface area contributed by atoms with Crippen molar-refractivity contribution < 1.29 is 4.79 Å². The molecule has 1 aliphatic heterocycles. The first-order chi connectivity index (χ1) is 9.22. The lowest BCUT2D eigenvalue weighted by Gasteiger charge is -2.21. The Labute approximate surface area is 119 Å². The lowest BCUT2D eigenvalue weighted by atomic mass is 9.97. The molecule has 0 saturated carbocycles. The summed E-state index contributed by atoms with van der Waals surface area (Å²) < 4.78 is 0. The molecule has 3 nitrogen and oxygen atoms in total. The number of fused-ring (bicyclic) bond motifs is 1. The molecule has 1 amide bonds. The quantitative estimate of drug-likeness (QED) is 0.870. The summed E-state index contributed by atoms with van der Waals surface area (Å²) >= 11 is 1.82. The minimum atomic E-state index is 0.0634. The molecule has 0 saturated heterocycles. The Hall–Kier alpha value is -1.16. The second-order valence-corrected chi connectivity index (χ2v) is 6.04. The normalized spacial score (nSPS) is 15.3. The number of nitrogens with one attached hydrogen (secondary N) is 2. The van der Waals surface area contributed by atoms with Crippen molar-refractivity contribution in [3.63, 3.8) is 0 Å². The fourth-order valence-electron chi connectivity index (χ4n) is 2.43. The Bertz CT molecular complexity index is 448. The van der Waals surface area contributed by atoms with Gasteiger partial charge in [-0.15, -0.1) is 0 Å². The second kappa shape index (κ2) is 6.85. The Kier molecular flexibility index (Phi) is 5.14. The van der Waals surface area contributed by atoms with Crippen molar-refractivity contribution in [2.45, 2.75) is 19.8 Å². The van der Waals surface area contributed by atoms with Crippen LogP contribution in [0.2, 0.25) is 0 Å². The van der Waals surface area contributed by atoms with Crippen molar-refractivity contribution >= 4 is 23.4 Å². The minimum Gasteiger partial charge on any atom is -0.385 e. The van der Waals surface area contributed by atoms with Crippen molar-refractivity contribution in [3.8, 4) is 0 Å². The molecule has 1 heterocycles. The van der Waals surface area contributed by atoms with Gasteiger partial charge in [0.2, 0.25) is 0 Å². The Morgan fingerprint density at radius 3 is 3.16 bits per heavy atom. The molecule has 4 heteroatoms. The first kappa shape index (κ1) is 14.3. The van der Waals surface area contributed by atoms with Gasteiger partial charge in [0.05, 0.1) is 0 Å². The van der Waals surface area contributed by atoms with E-state index in [2.05, 4.69) is 29.9 Å². The molecule has 104 valence electrons. The third-order valence-electron chi connectivity index (χ3n) is 3.40. The van der Waals surface area contributed by atoms with Crippen molar-refractivity contribution in [3.05, 3.63) is 29.3 Å². The van der Waals surface area contributed by atoms with E-state index in [1.807, 2.05) is 23.9 Å². The molecular weight excluding hydrogens is 256 g/mol. The van der Waals surface area contributed by atoms with Gasteiger partial charge < -0.3 is 10.6 Å². The molecule has 1 aliphatic rings. The fraction of sp³-hybridized carbons (Fsp3) is 0.533. The van der Waals surface area contributed by atoms with Crippen LogP contribution < -0.4 is 10.6 Å². The zero-order valence-electron chi connectivity index (χ0n) is 11.7. The number of amides is 1. The van der Waals surface area contributed by atoms with Crippen molar-refractivity contribution in [2.75, 3.05) is 30.4 Å². The van der Waals surface area contributed by atoms with Gasteiger partial charge in [0.25, 0.3) is 5.91 Å². The average molecular weight is 278 g/mol. The number of rotatable bonds is 5. The number of anilines is 1. The van der Waals surface area contributed by atoms with Gasteiger partial charge in [0, 0.05) is 24.3 Å². The molecule has 1 aromatic rings. The van der Waals surface area contributed by atoms with Gasteiger partial charge in [-0.3, -0.25) is 4.79 Å². The second-order valence-electron chi connectivity index (χ2n) is 5.13. The van der Waals surface area contributed by atoms with Gasteiger partial charge >= 0.3 is 0 Å². The van der Waals surface area contributed by atoms with Gasteiger partial charge in [0.1, 0.15) is 0 Å². The van der Waals surface area contributed by atoms with E-state index in [9.17, 15) is 4.79 Å². The van der Waals surface area contributed by atoms with E-state index in [1.54, 1.807) is 0 Å². The van der Waals surface area contributed by atoms with Gasteiger partial charge in [-0.25, -0.2) is 0 Å².